The van der Waals surface area contributed by atoms with Crippen molar-refractivity contribution in [2.45, 2.75) is 6.92 Å². The first-order valence-electron chi connectivity index (χ1n) is 8.43. The van der Waals surface area contributed by atoms with Crippen molar-refractivity contribution >= 4 is 17.3 Å². The largest absolute Gasteiger partial charge is 0.375 e. The molecule has 1 heterocycles. The highest BCUT2D eigenvalue weighted by Crippen LogP contribution is 2.20. The predicted octanol–water partition coefficient (Wildman–Crippen LogP) is 2.94. The van der Waals surface area contributed by atoms with Crippen molar-refractivity contribution in [3.63, 3.8) is 0 Å². The number of aromatic nitrogens is 2. The van der Waals surface area contributed by atoms with Crippen molar-refractivity contribution in [1.29, 1.82) is 0 Å². The first-order chi connectivity index (χ1) is 12.8. The van der Waals surface area contributed by atoms with Crippen LogP contribution < -0.4 is 15.8 Å². The van der Waals surface area contributed by atoms with Crippen LogP contribution in [0, 0.1) is 12.7 Å². The number of hydrogen-bond acceptors (Lipinski definition) is 3. The summed E-state index contributed by atoms with van der Waals surface area (Å²) in [4.78, 5) is 27.0. The van der Waals surface area contributed by atoms with E-state index in [9.17, 15) is 14.0 Å². The Morgan fingerprint density at radius 2 is 1.78 bits per heavy atom. The quantitative estimate of drug-likeness (QED) is 0.770. The first kappa shape index (κ1) is 18.4. The fourth-order valence-corrected chi connectivity index (χ4v) is 2.91. The number of hydrogen-bond donors (Lipinski definition) is 1. The van der Waals surface area contributed by atoms with E-state index in [1.165, 1.54) is 22.9 Å². The van der Waals surface area contributed by atoms with Gasteiger partial charge in [-0.05, 0) is 37.3 Å². The summed E-state index contributed by atoms with van der Waals surface area (Å²) in [6.07, 6.45) is 0. The molecule has 0 saturated carbocycles. The van der Waals surface area contributed by atoms with Crippen LogP contribution in [0.4, 0.5) is 15.8 Å². The fraction of sp³-hybridized carbons (Fsp3) is 0.200. The topological polar surface area (TPSA) is 59.3 Å². The number of nitrogens with one attached hydrogen (secondary N) is 1. The average Bonchev–Trinajstić information content (AvgIpc) is 2.85. The summed E-state index contributed by atoms with van der Waals surface area (Å²) in [6.45, 7) is 1.74. The Hall–Kier alpha value is -3.35. The number of rotatable bonds is 4. The summed E-state index contributed by atoms with van der Waals surface area (Å²) < 4.78 is 17.3. The van der Waals surface area contributed by atoms with Crippen LogP contribution in [0.25, 0.3) is 5.69 Å². The number of anilines is 2. The summed E-state index contributed by atoms with van der Waals surface area (Å²) in [5, 5.41) is 2.63. The zero-order chi connectivity index (χ0) is 19.7. The lowest BCUT2D eigenvalue weighted by atomic mass is 10.1. The molecule has 0 spiro atoms. The van der Waals surface area contributed by atoms with Gasteiger partial charge in [-0.2, -0.15) is 0 Å². The van der Waals surface area contributed by atoms with E-state index in [1.807, 2.05) is 30.3 Å². The molecule has 0 bridgehead atoms. The molecule has 27 heavy (non-hydrogen) atoms. The minimum Gasteiger partial charge on any atom is -0.375 e. The Kier molecular flexibility index (Phi) is 4.85. The number of benzene rings is 2. The molecule has 0 atom stereocenters. The maximum Gasteiger partial charge on any atom is 0.295 e. The molecule has 6 nitrogen and oxygen atoms in total. The van der Waals surface area contributed by atoms with Crippen LogP contribution in [0.1, 0.15) is 16.1 Å². The summed E-state index contributed by atoms with van der Waals surface area (Å²) in [5.74, 6) is -1.04. The summed E-state index contributed by atoms with van der Waals surface area (Å²) in [6, 6.07) is 13.4. The predicted molar refractivity (Wildman–Crippen MR) is 104 cm³/mol. The Morgan fingerprint density at radius 3 is 2.37 bits per heavy atom. The van der Waals surface area contributed by atoms with Crippen molar-refractivity contribution in [2.75, 3.05) is 24.3 Å². The summed E-state index contributed by atoms with van der Waals surface area (Å²) >= 11 is 0. The highest BCUT2D eigenvalue weighted by molar-refractivity contribution is 6.04. The number of halogens is 1. The minimum absolute atomic E-state index is 0.145. The van der Waals surface area contributed by atoms with Crippen LogP contribution in [-0.2, 0) is 7.05 Å². The van der Waals surface area contributed by atoms with E-state index in [2.05, 4.69) is 5.32 Å². The van der Waals surface area contributed by atoms with E-state index in [4.69, 9.17) is 0 Å². The average molecular weight is 368 g/mol. The van der Waals surface area contributed by atoms with Gasteiger partial charge in [0.1, 0.15) is 11.5 Å². The summed E-state index contributed by atoms with van der Waals surface area (Å²) in [7, 11) is 5.18. The Balaban J connectivity index is 1.96. The number of para-hydroxylation sites is 1. The van der Waals surface area contributed by atoms with Gasteiger partial charge in [0.2, 0.25) is 0 Å². The minimum atomic E-state index is -0.537. The zero-order valence-corrected chi connectivity index (χ0v) is 15.7. The Labute approximate surface area is 156 Å². The van der Waals surface area contributed by atoms with Gasteiger partial charge in [0.15, 0.2) is 0 Å². The second kappa shape index (κ2) is 7.11. The monoisotopic (exact) mass is 368 g/mol. The van der Waals surface area contributed by atoms with Crippen molar-refractivity contribution in [3.05, 3.63) is 76.0 Å². The van der Waals surface area contributed by atoms with Crippen molar-refractivity contribution in [2.24, 2.45) is 7.05 Å². The highest BCUT2D eigenvalue weighted by atomic mass is 19.1. The molecule has 0 aliphatic heterocycles. The number of amides is 1. The second-order valence-electron chi connectivity index (χ2n) is 6.45. The molecule has 0 fully saturated rings. The van der Waals surface area contributed by atoms with Gasteiger partial charge in [-0.15, -0.1) is 0 Å². The van der Waals surface area contributed by atoms with E-state index in [0.717, 1.165) is 0 Å². The smallest absolute Gasteiger partial charge is 0.295 e. The molecule has 3 rings (SSSR count). The molecule has 0 radical (unpaired) electrons. The fourth-order valence-electron chi connectivity index (χ4n) is 2.91. The standard InChI is InChI=1S/C20H21FN4O2/c1-13-18(20(27)25(24(13)4)15-8-6-5-7-9-15)22-19(26)14-10-11-17(23(2)3)16(21)12-14/h5-12H,1-4H3,(H,22,26). The molecule has 0 saturated heterocycles. The van der Waals surface area contributed by atoms with Crippen LogP contribution in [-0.4, -0.2) is 29.4 Å². The number of carbonyl (C=O) groups excluding carboxylic acids is 1. The number of nitrogens with zero attached hydrogens (tertiary/aromatic N) is 3. The molecule has 0 aliphatic carbocycles. The van der Waals surface area contributed by atoms with Gasteiger partial charge in [-0.25, -0.2) is 9.07 Å². The van der Waals surface area contributed by atoms with E-state index in [1.54, 1.807) is 37.6 Å². The molecule has 3 aromatic rings. The van der Waals surface area contributed by atoms with Crippen LogP contribution >= 0.6 is 0 Å². The number of carbonyl (C=O) groups is 1. The van der Waals surface area contributed by atoms with Gasteiger partial charge < -0.3 is 10.2 Å². The summed E-state index contributed by atoms with van der Waals surface area (Å²) in [5.41, 5.74) is 1.64. The van der Waals surface area contributed by atoms with Crippen LogP contribution in [0.3, 0.4) is 0 Å². The molecular formula is C20H21FN4O2. The third-order valence-electron chi connectivity index (χ3n) is 4.48. The van der Waals surface area contributed by atoms with Gasteiger partial charge in [0, 0.05) is 26.7 Å². The molecule has 2 aromatic carbocycles. The third kappa shape index (κ3) is 3.36. The van der Waals surface area contributed by atoms with E-state index >= 15 is 0 Å². The zero-order valence-electron chi connectivity index (χ0n) is 15.7. The maximum atomic E-state index is 14.2. The SMILES string of the molecule is Cc1c(NC(=O)c2ccc(N(C)C)c(F)c2)c(=O)n(-c2ccccc2)n1C. The van der Waals surface area contributed by atoms with Crippen LogP contribution in [0.15, 0.2) is 53.3 Å². The van der Waals surface area contributed by atoms with Gasteiger partial charge in [-0.3, -0.25) is 14.3 Å². The van der Waals surface area contributed by atoms with Crippen molar-refractivity contribution < 1.29 is 9.18 Å². The molecule has 140 valence electrons. The molecule has 0 aliphatic rings. The molecule has 7 heteroatoms. The van der Waals surface area contributed by atoms with E-state index in [-0.39, 0.29) is 16.8 Å². The highest BCUT2D eigenvalue weighted by Gasteiger charge is 2.19. The normalized spacial score (nSPS) is 10.7. The van der Waals surface area contributed by atoms with E-state index < -0.39 is 11.7 Å². The third-order valence-corrected chi connectivity index (χ3v) is 4.48. The lowest BCUT2D eigenvalue weighted by Gasteiger charge is -2.14. The molecule has 0 unspecified atom stereocenters. The van der Waals surface area contributed by atoms with Crippen molar-refractivity contribution in [1.82, 2.24) is 9.36 Å². The Bertz CT molecular complexity index is 1050. The maximum absolute atomic E-state index is 14.2. The molecule has 1 N–H and O–H groups in total. The molecule has 1 aromatic heterocycles. The first-order valence-corrected chi connectivity index (χ1v) is 8.43. The second-order valence-corrected chi connectivity index (χ2v) is 6.45. The molecule has 1 amide bonds. The van der Waals surface area contributed by atoms with Crippen LogP contribution in [0.2, 0.25) is 0 Å². The van der Waals surface area contributed by atoms with Crippen molar-refractivity contribution in [3.8, 4) is 5.69 Å². The lowest BCUT2D eigenvalue weighted by Crippen LogP contribution is -2.23. The van der Waals surface area contributed by atoms with Gasteiger partial charge in [0.05, 0.1) is 17.1 Å². The van der Waals surface area contributed by atoms with Gasteiger partial charge in [-0.1, -0.05) is 18.2 Å². The van der Waals surface area contributed by atoms with E-state index in [0.29, 0.717) is 17.1 Å². The Morgan fingerprint density at radius 1 is 1.11 bits per heavy atom. The lowest BCUT2D eigenvalue weighted by molar-refractivity contribution is 0.102. The van der Waals surface area contributed by atoms with Gasteiger partial charge >= 0.3 is 0 Å². The molecular weight excluding hydrogens is 347 g/mol. The van der Waals surface area contributed by atoms with Gasteiger partial charge in [0.25, 0.3) is 11.5 Å². The van der Waals surface area contributed by atoms with Crippen LogP contribution in [0.5, 0.6) is 0 Å².